The molecular weight excluding hydrogens is 224 g/mol. The van der Waals surface area contributed by atoms with Gasteiger partial charge in [0.2, 0.25) is 5.95 Å². The van der Waals surface area contributed by atoms with Crippen LogP contribution in [0, 0.1) is 13.8 Å². The van der Waals surface area contributed by atoms with Crippen molar-refractivity contribution in [1.29, 1.82) is 0 Å². The summed E-state index contributed by atoms with van der Waals surface area (Å²) in [5, 5.41) is 1.06. The molecule has 3 rings (SSSR count). The van der Waals surface area contributed by atoms with E-state index in [1.165, 1.54) is 0 Å². The monoisotopic (exact) mass is 238 g/mol. The molecule has 0 fully saturated rings. The van der Waals surface area contributed by atoms with Gasteiger partial charge in [0.25, 0.3) is 0 Å². The van der Waals surface area contributed by atoms with Gasteiger partial charge >= 0.3 is 0 Å². The van der Waals surface area contributed by atoms with Crippen LogP contribution in [-0.4, -0.2) is 15.0 Å². The Morgan fingerprint density at radius 1 is 1.06 bits per heavy atom. The molecule has 0 aliphatic carbocycles. The maximum Gasteiger partial charge on any atom is 0.220 e. The second kappa shape index (κ2) is 3.84. The molecule has 90 valence electrons. The van der Waals surface area contributed by atoms with Crippen LogP contribution in [0.5, 0.6) is 0 Å². The molecule has 4 heteroatoms. The van der Waals surface area contributed by atoms with Gasteiger partial charge in [0.1, 0.15) is 5.52 Å². The first-order chi connectivity index (χ1) is 8.66. The Labute approximate surface area is 105 Å². The first-order valence-electron chi connectivity index (χ1n) is 5.84. The quantitative estimate of drug-likeness (QED) is 0.685. The molecule has 4 nitrogen and oxygen atoms in total. The highest BCUT2D eigenvalue weighted by molar-refractivity contribution is 5.96. The summed E-state index contributed by atoms with van der Waals surface area (Å²) in [5.41, 5.74) is 10.7. The number of fused-ring (bicyclic) bond motifs is 1. The van der Waals surface area contributed by atoms with Crippen LogP contribution in [0.2, 0.25) is 0 Å². The molecule has 0 amide bonds. The van der Waals surface area contributed by atoms with Gasteiger partial charge in [-0.1, -0.05) is 30.3 Å². The van der Waals surface area contributed by atoms with E-state index < -0.39 is 0 Å². The summed E-state index contributed by atoms with van der Waals surface area (Å²) in [6, 6.07) is 10.1. The number of nitrogens with two attached hydrogens (primary N) is 1. The van der Waals surface area contributed by atoms with Gasteiger partial charge < -0.3 is 10.7 Å². The van der Waals surface area contributed by atoms with Crippen molar-refractivity contribution in [3.63, 3.8) is 0 Å². The lowest BCUT2D eigenvalue weighted by Crippen LogP contribution is -1.97. The van der Waals surface area contributed by atoms with Crippen molar-refractivity contribution in [1.82, 2.24) is 15.0 Å². The number of aromatic nitrogens is 3. The fraction of sp³-hybridized carbons (Fsp3) is 0.143. The fourth-order valence-corrected chi connectivity index (χ4v) is 2.35. The first kappa shape index (κ1) is 10.8. The van der Waals surface area contributed by atoms with Crippen LogP contribution in [0.1, 0.15) is 11.4 Å². The van der Waals surface area contributed by atoms with Gasteiger partial charge in [-0.05, 0) is 13.8 Å². The third-order valence-corrected chi connectivity index (χ3v) is 3.09. The number of aryl methyl sites for hydroxylation is 2. The van der Waals surface area contributed by atoms with E-state index in [1.54, 1.807) is 0 Å². The summed E-state index contributed by atoms with van der Waals surface area (Å²) in [6.07, 6.45) is 0. The Bertz CT molecular complexity index is 713. The van der Waals surface area contributed by atoms with E-state index in [-0.39, 0.29) is 0 Å². The zero-order chi connectivity index (χ0) is 12.7. The topological polar surface area (TPSA) is 67.6 Å². The number of nitrogen functional groups attached to an aromatic ring is 1. The van der Waals surface area contributed by atoms with E-state index in [0.717, 1.165) is 33.5 Å². The lowest BCUT2D eigenvalue weighted by molar-refractivity contribution is 1.17. The summed E-state index contributed by atoms with van der Waals surface area (Å²) in [4.78, 5) is 12.0. The summed E-state index contributed by atoms with van der Waals surface area (Å²) in [5.74, 6) is 0.316. The molecule has 0 bridgehead atoms. The number of nitrogens with one attached hydrogen (secondary N) is 1. The van der Waals surface area contributed by atoms with Crippen LogP contribution in [-0.2, 0) is 0 Å². The van der Waals surface area contributed by atoms with Crippen molar-refractivity contribution in [2.24, 2.45) is 0 Å². The minimum absolute atomic E-state index is 0.316. The molecule has 0 saturated carbocycles. The minimum atomic E-state index is 0.316. The Morgan fingerprint density at radius 3 is 2.50 bits per heavy atom. The van der Waals surface area contributed by atoms with Gasteiger partial charge in [-0.3, -0.25) is 0 Å². The van der Waals surface area contributed by atoms with Crippen LogP contribution in [0.25, 0.3) is 22.2 Å². The fourth-order valence-electron chi connectivity index (χ4n) is 2.35. The zero-order valence-electron chi connectivity index (χ0n) is 10.4. The Kier molecular flexibility index (Phi) is 2.30. The second-order valence-corrected chi connectivity index (χ2v) is 4.38. The van der Waals surface area contributed by atoms with Crippen molar-refractivity contribution < 1.29 is 0 Å². The number of hydrogen-bond donors (Lipinski definition) is 2. The molecule has 0 radical (unpaired) electrons. The molecule has 0 spiro atoms. The summed E-state index contributed by atoms with van der Waals surface area (Å²) in [7, 11) is 0. The average molecular weight is 238 g/mol. The van der Waals surface area contributed by atoms with Gasteiger partial charge in [0.15, 0.2) is 0 Å². The van der Waals surface area contributed by atoms with Crippen molar-refractivity contribution >= 4 is 16.9 Å². The van der Waals surface area contributed by atoms with Crippen molar-refractivity contribution in [3.05, 3.63) is 41.7 Å². The number of aromatic amines is 1. The highest BCUT2D eigenvalue weighted by Crippen LogP contribution is 2.30. The molecule has 0 atom stereocenters. The normalized spacial score (nSPS) is 11.0. The second-order valence-electron chi connectivity index (χ2n) is 4.38. The molecule has 0 aliphatic rings. The molecule has 0 saturated heterocycles. The maximum absolute atomic E-state index is 5.74. The number of rotatable bonds is 1. The molecule has 3 aromatic rings. The third kappa shape index (κ3) is 1.54. The van der Waals surface area contributed by atoms with E-state index >= 15 is 0 Å². The minimum Gasteiger partial charge on any atom is -0.368 e. The number of hydrogen-bond acceptors (Lipinski definition) is 3. The van der Waals surface area contributed by atoms with Crippen molar-refractivity contribution in [2.45, 2.75) is 13.8 Å². The number of H-pyrrole nitrogens is 1. The van der Waals surface area contributed by atoms with Crippen LogP contribution in [0.4, 0.5) is 5.95 Å². The number of nitrogens with zero attached hydrogens (tertiary/aromatic N) is 2. The van der Waals surface area contributed by atoms with Crippen molar-refractivity contribution in [2.75, 3.05) is 5.73 Å². The summed E-state index contributed by atoms with van der Waals surface area (Å²) < 4.78 is 0. The van der Waals surface area contributed by atoms with Crippen molar-refractivity contribution in [3.8, 4) is 11.3 Å². The largest absolute Gasteiger partial charge is 0.368 e. The van der Waals surface area contributed by atoms with E-state index in [0.29, 0.717) is 5.95 Å². The van der Waals surface area contributed by atoms with Gasteiger partial charge in [0, 0.05) is 16.6 Å². The van der Waals surface area contributed by atoms with Gasteiger partial charge in [-0.15, -0.1) is 0 Å². The smallest absolute Gasteiger partial charge is 0.220 e. The van der Waals surface area contributed by atoms with E-state index in [2.05, 4.69) is 27.1 Å². The molecule has 18 heavy (non-hydrogen) atoms. The Morgan fingerprint density at radius 2 is 1.78 bits per heavy atom. The molecule has 0 unspecified atom stereocenters. The van der Waals surface area contributed by atoms with Crippen LogP contribution < -0.4 is 5.73 Å². The first-order valence-corrected chi connectivity index (χ1v) is 5.84. The zero-order valence-corrected chi connectivity index (χ0v) is 10.4. The van der Waals surface area contributed by atoms with Gasteiger partial charge in [-0.2, -0.15) is 0 Å². The SMILES string of the molecule is Cc1nc(N)nc2c(-c3ccccc3)[nH]c(C)c12. The predicted molar refractivity (Wildman–Crippen MR) is 73.2 cm³/mol. The maximum atomic E-state index is 5.74. The summed E-state index contributed by atoms with van der Waals surface area (Å²) >= 11 is 0. The summed E-state index contributed by atoms with van der Waals surface area (Å²) in [6.45, 7) is 3.98. The standard InChI is InChI=1S/C14H14N4/c1-8-11-9(2)17-14(15)18-13(11)12(16-8)10-6-4-3-5-7-10/h3-7,16H,1-2H3,(H2,15,18). The molecule has 3 N–H and O–H groups in total. The van der Waals surface area contributed by atoms with Gasteiger partial charge in [-0.25, -0.2) is 9.97 Å². The van der Waals surface area contributed by atoms with Crippen LogP contribution >= 0.6 is 0 Å². The van der Waals surface area contributed by atoms with Crippen LogP contribution in [0.3, 0.4) is 0 Å². The van der Waals surface area contributed by atoms with Crippen LogP contribution in [0.15, 0.2) is 30.3 Å². The third-order valence-electron chi connectivity index (χ3n) is 3.09. The molecule has 1 aromatic carbocycles. The lowest BCUT2D eigenvalue weighted by Gasteiger charge is -2.01. The molecule has 2 heterocycles. The average Bonchev–Trinajstić information content (AvgIpc) is 2.67. The van der Waals surface area contributed by atoms with E-state index in [4.69, 9.17) is 5.73 Å². The number of anilines is 1. The molecule has 2 aromatic heterocycles. The number of benzene rings is 1. The molecule has 0 aliphatic heterocycles. The predicted octanol–water partition coefficient (Wildman–Crippen LogP) is 2.82. The van der Waals surface area contributed by atoms with E-state index in [9.17, 15) is 0 Å². The highest BCUT2D eigenvalue weighted by Gasteiger charge is 2.14. The Balaban J connectivity index is 2.38. The Hall–Kier alpha value is -2.36. The van der Waals surface area contributed by atoms with Gasteiger partial charge in [0.05, 0.1) is 11.4 Å². The highest BCUT2D eigenvalue weighted by atomic mass is 15.0. The van der Waals surface area contributed by atoms with E-state index in [1.807, 2.05) is 32.0 Å². The molecular formula is C14H14N4. The lowest BCUT2D eigenvalue weighted by atomic mass is 10.1.